The molecular formula is C17H19BrN2O. The van der Waals surface area contributed by atoms with Crippen LogP contribution in [0.5, 0.6) is 0 Å². The molecule has 2 rings (SSSR count). The van der Waals surface area contributed by atoms with E-state index in [0.717, 1.165) is 10.9 Å². The number of rotatable bonds is 5. The molecular weight excluding hydrogens is 328 g/mol. The Hall–Kier alpha value is -1.81. The molecule has 0 aliphatic rings. The number of carbonyl (C=O) groups is 1. The molecule has 2 aromatic carbocycles. The van der Waals surface area contributed by atoms with Crippen LogP contribution >= 0.6 is 15.9 Å². The number of nitrogens with two attached hydrogens (primary N) is 1. The van der Waals surface area contributed by atoms with E-state index in [1.807, 2.05) is 24.3 Å². The zero-order chi connectivity index (χ0) is 15.2. The predicted molar refractivity (Wildman–Crippen MR) is 90.4 cm³/mol. The lowest BCUT2D eigenvalue weighted by molar-refractivity contribution is 0.0953. The summed E-state index contributed by atoms with van der Waals surface area (Å²) in [6, 6.07) is 15.6. The van der Waals surface area contributed by atoms with Crippen LogP contribution in [0.1, 0.15) is 35.2 Å². The number of carbonyl (C=O) groups excluding carboxylic acids is 1. The van der Waals surface area contributed by atoms with Crippen molar-refractivity contribution < 1.29 is 4.79 Å². The van der Waals surface area contributed by atoms with Crippen molar-refractivity contribution in [3.8, 4) is 0 Å². The summed E-state index contributed by atoms with van der Waals surface area (Å²) in [4.78, 5) is 12.1. The highest BCUT2D eigenvalue weighted by atomic mass is 79.9. The fourth-order valence-electron chi connectivity index (χ4n) is 2.19. The Morgan fingerprint density at radius 3 is 2.62 bits per heavy atom. The SMILES string of the molecule is CC(CCNC(=O)c1ccc(Br)cc1N)c1ccccc1. The Labute approximate surface area is 133 Å². The Morgan fingerprint density at radius 1 is 1.24 bits per heavy atom. The van der Waals surface area contributed by atoms with Gasteiger partial charge in [0.1, 0.15) is 0 Å². The summed E-state index contributed by atoms with van der Waals surface area (Å²) in [6.45, 7) is 2.79. The van der Waals surface area contributed by atoms with Crippen LogP contribution in [0.15, 0.2) is 53.0 Å². The number of amides is 1. The summed E-state index contributed by atoms with van der Waals surface area (Å²) in [5.74, 6) is 0.286. The summed E-state index contributed by atoms with van der Waals surface area (Å²) in [7, 11) is 0. The molecule has 1 amide bonds. The van der Waals surface area contributed by atoms with Crippen LogP contribution in [-0.2, 0) is 0 Å². The van der Waals surface area contributed by atoms with Gasteiger partial charge in [-0.15, -0.1) is 0 Å². The molecule has 2 aromatic rings. The molecule has 0 aromatic heterocycles. The van der Waals surface area contributed by atoms with Gasteiger partial charge in [-0.1, -0.05) is 53.2 Å². The first-order chi connectivity index (χ1) is 10.1. The second-order valence-corrected chi connectivity index (χ2v) is 6.00. The first-order valence-corrected chi connectivity index (χ1v) is 7.75. The number of hydrogen-bond acceptors (Lipinski definition) is 2. The number of anilines is 1. The van der Waals surface area contributed by atoms with Crippen LogP contribution in [0.25, 0.3) is 0 Å². The van der Waals surface area contributed by atoms with Crippen molar-refractivity contribution in [3.05, 3.63) is 64.1 Å². The number of nitrogen functional groups attached to an aromatic ring is 1. The van der Waals surface area contributed by atoms with Gasteiger partial charge in [0.15, 0.2) is 0 Å². The second-order valence-electron chi connectivity index (χ2n) is 5.09. The van der Waals surface area contributed by atoms with Crippen molar-refractivity contribution >= 4 is 27.5 Å². The molecule has 0 bridgehead atoms. The maximum Gasteiger partial charge on any atom is 0.253 e. The van der Waals surface area contributed by atoms with Gasteiger partial charge in [-0.25, -0.2) is 0 Å². The highest BCUT2D eigenvalue weighted by molar-refractivity contribution is 9.10. The van der Waals surface area contributed by atoms with Crippen LogP contribution in [0.2, 0.25) is 0 Å². The van der Waals surface area contributed by atoms with Gasteiger partial charge in [0.2, 0.25) is 0 Å². The number of hydrogen-bond donors (Lipinski definition) is 2. The van der Waals surface area contributed by atoms with Gasteiger partial charge >= 0.3 is 0 Å². The zero-order valence-corrected chi connectivity index (χ0v) is 13.6. The number of nitrogens with one attached hydrogen (secondary N) is 1. The summed E-state index contributed by atoms with van der Waals surface area (Å²) in [5.41, 5.74) is 8.14. The normalized spacial score (nSPS) is 11.9. The summed E-state index contributed by atoms with van der Waals surface area (Å²) in [5, 5.41) is 2.93. The standard InChI is InChI=1S/C17H19BrN2O/c1-12(13-5-3-2-4-6-13)9-10-20-17(21)15-8-7-14(18)11-16(15)19/h2-8,11-12H,9-10,19H2,1H3,(H,20,21). The van der Waals surface area contributed by atoms with Crippen molar-refractivity contribution in [2.24, 2.45) is 0 Å². The monoisotopic (exact) mass is 346 g/mol. The molecule has 0 fully saturated rings. The van der Waals surface area contributed by atoms with Crippen molar-refractivity contribution in [3.63, 3.8) is 0 Å². The molecule has 0 spiro atoms. The third-order valence-corrected chi connectivity index (χ3v) is 3.98. The minimum atomic E-state index is -0.125. The first kappa shape index (κ1) is 15.6. The van der Waals surface area contributed by atoms with Gasteiger partial charge in [0, 0.05) is 16.7 Å². The van der Waals surface area contributed by atoms with Crippen LogP contribution < -0.4 is 11.1 Å². The first-order valence-electron chi connectivity index (χ1n) is 6.96. The molecule has 110 valence electrons. The van der Waals surface area contributed by atoms with E-state index in [2.05, 4.69) is 40.3 Å². The highest BCUT2D eigenvalue weighted by Gasteiger charge is 2.10. The molecule has 1 unspecified atom stereocenters. The molecule has 0 saturated carbocycles. The fraction of sp³-hybridized carbons (Fsp3) is 0.235. The Morgan fingerprint density at radius 2 is 1.95 bits per heavy atom. The third kappa shape index (κ3) is 4.33. The molecule has 1 atom stereocenters. The minimum absolute atomic E-state index is 0.125. The van der Waals surface area contributed by atoms with E-state index in [1.54, 1.807) is 12.1 Å². The third-order valence-electron chi connectivity index (χ3n) is 3.49. The quantitative estimate of drug-likeness (QED) is 0.805. The lowest BCUT2D eigenvalue weighted by atomic mass is 9.98. The average molecular weight is 347 g/mol. The smallest absolute Gasteiger partial charge is 0.253 e. The van der Waals surface area contributed by atoms with Crippen LogP contribution in [0.3, 0.4) is 0 Å². The second kappa shape index (κ2) is 7.27. The van der Waals surface area contributed by atoms with E-state index in [1.165, 1.54) is 5.56 Å². The van der Waals surface area contributed by atoms with Crippen LogP contribution in [0.4, 0.5) is 5.69 Å². The van der Waals surface area contributed by atoms with E-state index >= 15 is 0 Å². The topological polar surface area (TPSA) is 55.1 Å². The van der Waals surface area contributed by atoms with Crippen LogP contribution in [0, 0.1) is 0 Å². The summed E-state index contributed by atoms with van der Waals surface area (Å²) >= 11 is 3.33. The lowest BCUT2D eigenvalue weighted by Gasteiger charge is -2.13. The largest absolute Gasteiger partial charge is 0.398 e. The highest BCUT2D eigenvalue weighted by Crippen LogP contribution is 2.19. The summed E-state index contributed by atoms with van der Waals surface area (Å²) in [6.07, 6.45) is 0.895. The predicted octanol–water partition coefficient (Wildman–Crippen LogP) is 3.95. The van der Waals surface area contributed by atoms with E-state index in [0.29, 0.717) is 23.7 Å². The summed E-state index contributed by atoms with van der Waals surface area (Å²) < 4.78 is 0.870. The maximum atomic E-state index is 12.1. The molecule has 3 nitrogen and oxygen atoms in total. The van der Waals surface area contributed by atoms with Crippen molar-refractivity contribution in [2.45, 2.75) is 19.3 Å². The Balaban J connectivity index is 1.87. The molecule has 0 heterocycles. The van der Waals surface area contributed by atoms with Crippen molar-refractivity contribution in [1.29, 1.82) is 0 Å². The van der Waals surface area contributed by atoms with E-state index in [4.69, 9.17) is 5.73 Å². The van der Waals surface area contributed by atoms with Crippen LogP contribution in [-0.4, -0.2) is 12.5 Å². The molecule has 0 saturated heterocycles. The molecule has 0 aliphatic heterocycles. The zero-order valence-electron chi connectivity index (χ0n) is 12.0. The van der Waals surface area contributed by atoms with E-state index in [9.17, 15) is 4.79 Å². The molecule has 21 heavy (non-hydrogen) atoms. The molecule has 3 N–H and O–H groups in total. The lowest BCUT2D eigenvalue weighted by Crippen LogP contribution is -2.26. The fourth-order valence-corrected chi connectivity index (χ4v) is 2.56. The van der Waals surface area contributed by atoms with Gasteiger partial charge < -0.3 is 11.1 Å². The number of halogens is 1. The molecule has 0 radical (unpaired) electrons. The van der Waals surface area contributed by atoms with Crippen molar-refractivity contribution in [1.82, 2.24) is 5.32 Å². The van der Waals surface area contributed by atoms with Gasteiger partial charge in [-0.2, -0.15) is 0 Å². The molecule has 4 heteroatoms. The van der Waals surface area contributed by atoms with E-state index < -0.39 is 0 Å². The van der Waals surface area contributed by atoms with Gasteiger partial charge in [-0.3, -0.25) is 4.79 Å². The minimum Gasteiger partial charge on any atom is -0.398 e. The number of benzene rings is 2. The Bertz CT molecular complexity index is 613. The van der Waals surface area contributed by atoms with E-state index in [-0.39, 0.29) is 5.91 Å². The Kier molecular flexibility index (Phi) is 5.39. The van der Waals surface area contributed by atoms with Gasteiger partial charge in [-0.05, 0) is 36.1 Å². The maximum absolute atomic E-state index is 12.1. The average Bonchev–Trinajstić information content (AvgIpc) is 2.47. The van der Waals surface area contributed by atoms with Gasteiger partial charge in [0.25, 0.3) is 5.91 Å². The molecule has 0 aliphatic carbocycles. The van der Waals surface area contributed by atoms with Crippen molar-refractivity contribution in [2.75, 3.05) is 12.3 Å². The van der Waals surface area contributed by atoms with Gasteiger partial charge in [0.05, 0.1) is 5.56 Å².